The molecule has 1 amide bonds. The number of benzene rings is 3. The van der Waals surface area contributed by atoms with Gasteiger partial charge in [0, 0.05) is 54.3 Å². The van der Waals surface area contributed by atoms with E-state index < -0.39 is 28.9 Å². The lowest BCUT2D eigenvalue weighted by Crippen LogP contribution is -2.45. The third kappa shape index (κ3) is 7.65. The predicted octanol–water partition coefficient (Wildman–Crippen LogP) is 5.10. The number of aromatic nitrogens is 5. The van der Waals surface area contributed by atoms with Crippen LogP contribution >= 0.6 is 11.3 Å². The SMILES string of the molecule is Nc1nc2sc(CNC3CCN(C(=O)OCCC(O)(Cn4cncn4)c4ccc(F)cc4F)CC3)cc2n(-c2ccc3c(c2)N(c2ccccc2)CCO3)c1=O. The van der Waals surface area contributed by atoms with Crippen molar-refractivity contribution >= 4 is 45.0 Å². The van der Waals surface area contributed by atoms with Crippen LogP contribution in [0.1, 0.15) is 29.7 Å². The number of ether oxygens (including phenoxy) is 2. The summed E-state index contributed by atoms with van der Waals surface area (Å²) >= 11 is 1.46. The highest BCUT2D eigenvalue weighted by Crippen LogP contribution is 2.39. The van der Waals surface area contributed by atoms with Crippen LogP contribution in [0.15, 0.2) is 90.2 Å². The van der Waals surface area contributed by atoms with Gasteiger partial charge in [-0.2, -0.15) is 5.10 Å². The smallest absolute Gasteiger partial charge is 0.409 e. The van der Waals surface area contributed by atoms with Crippen molar-refractivity contribution in [1.82, 2.24) is 34.5 Å². The maximum absolute atomic E-state index is 14.8. The maximum atomic E-state index is 14.8. The molecular formula is C39H39F2N9O5S. The number of anilines is 3. The van der Waals surface area contributed by atoms with Gasteiger partial charge in [0.2, 0.25) is 0 Å². The van der Waals surface area contributed by atoms with E-state index in [1.54, 1.807) is 9.47 Å². The van der Waals surface area contributed by atoms with Crippen LogP contribution in [0.5, 0.6) is 5.75 Å². The van der Waals surface area contributed by atoms with Crippen LogP contribution in [0.3, 0.4) is 0 Å². The Hall–Kier alpha value is -5.91. The van der Waals surface area contributed by atoms with Gasteiger partial charge < -0.3 is 35.4 Å². The molecule has 8 rings (SSSR count). The average molecular weight is 784 g/mol. The molecule has 5 heterocycles. The van der Waals surface area contributed by atoms with Crippen molar-refractivity contribution in [2.45, 2.75) is 44.0 Å². The minimum absolute atomic E-state index is 0.0884. The number of carbonyl (C=O) groups excluding carboxylic acids is 1. The number of nitrogens with zero attached hydrogens (tertiary/aromatic N) is 7. The van der Waals surface area contributed by atoms with Crippen molar-refractivity contribution in [3.8, 4) is 11.4 Å². The monoisotopic (exact) mass is 783 g/mol. The van der Waals surface area contributed by atoms with Crippen LogP contribution in [0.4, 0.5) is 30.8 Å². The van der Waals surface area contributed by atoms with Crippen LogP contribution in [0.25, 0.3) is 16.0 Å². The predicted molar refractivity (Wildman–Crippen MR) is 206 cm³/mol. The number of thiophene rings is 1. The molecule has 1 atom stereocenters. The fraction of sp³-hybridized carbons (Fsp3) is 0.308. The molecule has 1 saturated heterocycles. The van der Waals surface area contributed by atoms with Gasteiger partial charge in [-0.15, -0.1) is 11.3 Å². The summed E-state index contributed by atoms with van der Waals surface area (Å²) in [6.45, 7) is 2.22. The summed E-state index contributed by atoms with van der Waals surface area (Å²) in [4.78, 5) is 40.2. The highest BCUT2D eigenvalue weighted by molar-refractivity contribution is 7.18. The number of nitrogens with one attached hydrogen (secondary N) is 1. The number of likely N-dealkylation sites (tertiary alicyclic amines) is 1. The van der Waals surface area contributed by atoms with E-state index in [9.17, 15) is 23.5 Å². The standard InChI is InChI=1S/C39H39F2N9O5S/c40-25-6-8-30(31(41)18-25)39(53,22-48-24-43-23-45-48)12-16-55-38(52)47-13-10-26(11-14-47)44-21-29-20-33-36(56-29)46-35(42)37(51)50(33)28-7-9-34-32(19-28)49(15-17-54-34)27-4-2-1-3-5-27/h1-9,18-20,23-24,26,44,53H,10-17,21-22H2,(H2,42,46). The molecule has 1 unspecified atom stereocenters. The molecule has 0 spiro atoms. The van der Waals surface area contributed by atoms with Crippen LogP contribution in [0, 0.1) is 11.6 Å². The number of para-hydroxylation sites is 1. The Morgan fingerprint density at radius 2 is 1.88 bits per heavy atom. The number of fused-ring (bicyclic) bond motifs is 2. The first-order valence-corrected chi connectivity index (χ1v) is 19.0. The highest BCUT2D eigenvalue weighted by Gasteiger charge is 2.34. The lowest BCUT2D eigenvalue weighted by Gasteiger charge is -2.32. The third-order valence-electron chi connectivity index (χ3n) is 10.1. The van der Waals surface area contributed by atoms with E-state index in [0.717, 1.165) is 28.1 Å². The first-order chi connectivity index (χ1) is 27.1. The number of aliphatic hydroxyl groups is 1. The van der Waals surface area contributed by atoms with Gasteiger partial charge in [-0.25, -0.2) is 28.2 Å². The van der Waals surface area contributed by atoms with E-state index in [0.29, 0.717) is 67.7 Å². The van der Waals surface area contributed by atoms with Crippen LogP contribution in [0.2, 0.25) is 0 Å². The number of carbonyl (C=O) groups is 1. The normalized spacial score (nSPS) is 15.7. The van der Waals surface area contributed by atoms with E-state index in [4.69, 9.17) is 15.2 Å². The van der Waals surface area contributed by atoms with Crippen molar-refractivity contribution < 1.29 is 28.2 Å². The zero-order chi connectivity index (χ0) is 38.8. The number of nitrogens with two attached hydrogens (primary N) is 1. The molecule has 3 aromatic heterocycles. The first-order valence-electron chi connectivity index (χ1n) is 18.2. The summed E-state index contributed by atoms with van der Waals surface area (Å²) in [5.41, 5.74) is 6.96. The molecule has 0 aliphatic carbocycles. The van der Waals surface area contributed by atoms with Crippen molar-refractivity contribution in [2.24, 2.45) is 0 Å². The van der Waals surface area contributed by atoms with E-state index in [-0.39, 0.29) is 37.0 Å². The third-order valence-corrected chi connectivity index (χ3v) is 11.2. The van der Waals surface area contributed by atoms with Crippen molar-refractivity contribution in [2.75, 3.05) is 43.5 Å². The Morgan fingerprint density at radius 1 is 1.05 bits per heavy atom. The summed E-state index contributed by atoms with van der Waals surface area (Å²) < 4.78 is 42.8. The number of nitrogen functional groups attached to an aromatic ring is 1. The van der Waals surface area contributed by atoms with Gasteiger partial charge in [-0.1, -0.05) is 24.3 Å². The molecule has 14 nitrogen and oxygen atoms in total. The Labute approximate surface area is 323 Å². The van der Waals surface area contributed by atoms with Crippen LogP contribution < -0.4 is 26.2 Å². The van der Waals surface area contributed by atoms with E-state index in [1.165, 1.54) is 34.7 Å². The fourth-order valence-electron chi connectivity index (χ4n) is 7.26. The first kappa shape index (κ1) is 37.0. The second kappa shape index (κ2) is 15.7. The summed E-state index contributed by atoms with van der Waals surface area (Å²) in [6, 6.07) is 20.7. The Morgan fingerprint density at radius 3 is 2.64 bits per heavy atom. The van der Waals surface area contributed by atoms with Crippen molar-refractivity contribution in [3.05, 3.63) is 118 Å². The topological polar surface area (TPSA) is 166 Å². The Kier molecular flexibility index (Phi) is 10.4. The summed E-state index contributed by atoms with van der Waals surface area (Å²) in [7, 11) is 0. The minimum atomic E-state index is -1.84. The number of amides is 1. The molecule has 3 aromatic carbocycles. The molecule has 2 aliphatic rings. The van der Waals surface area contributed by atoms with Gasteiger partial charge in [-0.05, 0) is 55.3 Å². The quantitative estimate of drug-likeness (QED) is 0.160. The number of hydrogen-bond donors (Lipinski definition) is 3. The molecule has 4 N–H and O–H groups in total. The molecule has 17 heteroatoms. The molecule has 0 bridgehead atoms. The second-order valence-corrected chi connectivity index (χ2v) is 14.9. The Balaban J connectivity index is 0.892. The van der Waals surface area contributed by atoms with Gasteiger partial charge in [0.1, 0.15) is 47.1 Å². The van der Waals surface area contributed by atoms with Gasteiger partial charge in [0.05, 0.1) is 36.6 Å². The lowest BCUT2D eigenvalue weighted by atomic mass is 9.90. The van der Waals surface area contributed by atoms with Crippen molar-refractivity contribution in [1.29, 1.82) is 0 Å². The van der Waals surface area contributed by atoms with Gasteiger partial charge in [0.15, 0.2) is 5.82 Å². The second-order valence-electron chi connectivity index (χ2n) is 13.8. The minimum Gasteiger partial charge on any atom is -0.490 e. The molecule has 0 saturated carbocycles. The lowest BCUT2D eigenvalue weighted by molar-refractivity contribution is -0.0168. The number of hydrogen-bond acceptors (Lipinski definition) is 12. The molecule has 290 valence electrons. The van der Waals surface area contributed by atoms with Crippen molar-refractivity contribution in [3.63, 3.8) is 0 Å². The zero-order valence-corrected chi connectivity index (χ0v) is 31.0. The number of rotatable bonds is 11. The molecule has 56 heavy (non-hydrogen) atoms. The highest BCUT2D eigenvalue weighted by atomic mass is 32.1. The van der Waals surface area contributed by atoms with E-state index >= 15 is 0 Å². The number of piperidine rings is 1. The summed E-state index contributed by atoms with van der Waals surface area (Å²) in [5, 5.41) is 19.0. The molecule has 0 radical (unpaired) electrons. The molecule has 2 aliphatic heterocycles. The number of halogens is 2. The molecular weight excluding hydrogens is 745 g/mol. The molecule has 1 fully saturated rings. The summed E-state index contributed by atoms with van der Waals surface area (Å²) in [5.74, 6) is -1.05. The van der Waals surface area contributed by atoms with E-state index in [2.05, 4.69) is 25.3 Å². The van der Waals surface area contributed by atoms with Gasteiger partial charge >= 0.3 is 6.09 Å². The average Bonchev–Trinajstić information content (AvgIpc) is 3.87. The van der Waals surface area contributed by atoms with E-state index in [1.807, 2.05) is 54.6 Å². The fourth-order valence-corrected chi connectivity index (χ4v) is 8.24. The van der Waals surface area contributed by atoms with Gasteiger partial charge in [-0.3, -0.25) is 9.36 Å². The summed E-state index contributed by atoms with van der Waals surface area (Å²) in [6.07, 6.45) is 3.29. The Bertz CT molecular complexity index is 2400. The largest absolute Gasteiger partial charge is 0.490 e. The van der Waals surface area contributed by atoms with Gasteiger partial charge in [0.25, 0.3) is 5.56 Å². The zero-order valence-electron chi connectivity index (χ0n) is 30.2. The maximum Gasteiger partial charge on any atom is 0.409 e. The van der Waals surface area contributed by atoms with Crippen LogP contribution in [-0.4, -0.2) is 79.3 Å². The van der Waals surface area contributed by atoms with Crippen LogP contribution in [-0.2, 0) is 23.4 Å². The molecule has 6 aromatic rings.